The van der Waals surface area contributed by atoms with Crippen LogP contribution in [0.15, 0.2) is 53.6 Å². The number of alkyl halides is 3. The van der Waals surface area contributed by atoms with E-state index in [0.717, 1.165) is 5.56 Å². The summed E-state index contributed by atoms with van der Waals surface area (Å²) in [4.78, 5) is 0. The Balaban J connectivity index is 2.23. The first kappa shape index (κ1) is 11.0. The summed E-state index contributed by atoms with van der Waals surface area (Å²) in [6.07, 6.45) is -0.692. The van der Waals surface area contributed by atoms with Gasteiger partial charge in [-0.3, -0.25) is 0 Å². The van der Waals surface area contributed by atoms with E-state index in [-0.39, 0.29) is 0 Å². The molecule has 0 radical (unpaired) electrons. The Morgan fingerprint density at radius 2 is 1.75 bits per heavy atom. The van der Waals surface area contributed by atoms with Gasteiger partial charge in [0.2, 0.25) is 0 Å². The predicted octanol–water partition coefficient (Wildman–Crippen LogP) is 4.05. The molecule has 1 aromatic carbocycles. The Morgan fingerprint density at radius 1 is 1.06 bits per heavy atom. The van der Waals surface area contributed by atoms with Crippen LogP contribution < -0.4 is 0 Å². The topological polar surface area (TPSA) is 0 Å². The Hall–Kier alpha value is -1.51. The van der Waals surface area contributed by atoms with Crippen molar-refractivity contribution in [2.75, 3.05) is 0 Å². The largest absolute Gasteiger partial charge is 0.416 e. The van der Waals surface area contributed by atoms with E-state index in [0.29, 0.717) is 18.4 Å². The zero-order valence-corrected chi connectivity index (χ0v) is 8.59. The number of hydrogen-bond acceptors (Lipinski definition) is 0. The molecule has 0 aliphatic heterocycles. The fraction of sp³-hybridized carbons (Fsp3) is 0.231. The Kier molecular flexibility index (Phi) is 2.86. The van der Waals surface area contributed by atoms with E-state index in [1.54, 1.807) is 6.08 Å². The van der Waals surface area contributed by atoms with Gasteiger partial charge in [-0.1, -0.05) is 42.5 Å². The van der Waals surface area contributed by atoms with Crippen LogP contribution in [-0.2, 0) is 6.42 Å². The smallest absolute Gasteiger partial charge is 0.166 e. The lowest BCUT2D eigenvalue weighted by Gasteiger charge is -2.10. The second-order valence-corrected chi connectivity index (χ2v) is 3.78. The van der Waals surface area contributed by atoms with Crippen molar-refractivity contribution in [3.05, 3.63) is 59.2 Å². The van der Waals surface area contributed by atoms with E-state index in [9.17, 15) is 13.2 Å². The quantitative estimate of drug-likeness (QED) is 0.711. The van der Waals surface area contributed by atoms with Gasteiger partial charge in [0.05, 0.1) is 5.57 Å². The highest BCUT2D eigenvalue weighted by Crippen LogP contribution is 2.35. The average Bonchev–Trinajstić information content (AvgIpc) is 2.67. The highest BCUT2D eigenvalue weighted by molar-refractivity contribution is 5.40. The van der Waals surface area contributed by atoms with Crippen LogP contribution in [0.3, 0.4) is 0 Å². The van der Waals surface area contributed by atoms with Crippen LogP contribution in [-0.4, -0.2) is 6.18 Å². The van der Waals surface area contributed by atoms with Crippen LogP contribution in [0.1, 0.15) is 12.0 Å². The van der Waals surface area contributed by atoms with Gasteiger partial charge in [-0.05, 0) is 24.0 Å². The number of benzene rings is 1. The summed E-state index contributed by atoms with van der Waals surface area (Å²) >= 11 is 0. The third kappa shape index (κ3) is 2.35. The first-order chi connectivity index (χ1) is 7.57. The van der Waals surface area contributed by atoms with Gasteiger partial charge in [-0.25, -0.2) is 0 Å². The SMILES string of the molecule is FC(F)(F)C1=C(Cc2ccccc2)CC=C1. The molecule has 0 amide bonds. The Bertz CT molecular complexity index is 424. The molecule has 16 heavy (non-hydrogen) atoms. The summed E-state index contributed by atoms with van der Waals surface area (Å²) in [5, 5.41) is 0. The molecule has 1 aliphatic carbocycles. The molecule has 0 saturated carbocycles. The van der Waals surface area contributed by atoms with Gasteiger partial charge in [-0.2, -0.15) is 13.2 Å². The average molecular weight is 224 g/mol. The van der Waals surface area contributed by atoms with Crippen LogP contribution in [0.4, 0.5) is 13.2 Å². The summed E-state index contributed by atoms with van der Waals surface area (Å²) < 4.78 is 37.8. The molecular formula is C13H11F3. The molecule has 0 saturated heterocycles. The molecule has 3 heteroatoms. The van der Waals surface area contributed by atoms with Crippen molar-refractivity contribution in [1.29, 1.82) is 0 Å². The summed E-state index contributed by atoms with van der Waals surface area (Å²) in [6.45, 7) is 0. The lowest BCUT2D eigenvalue weighted by Crippen LogP contribution is -2.11. The standard InChI is InChI=1S/C13H11F3/c14-13(15,16)12-8-4-7-11(12)9-10-5-2-1-3-6-10/h1-6,8H,7,9H2. The van der Waals surface area contributed by atoms with E-state index in [4.69, 9.17) is 0 Å². The van der Waals surface area contributed by atoms with Crippen molar-refractivity contribution in [3.8, 4) is 0 Å². The Labute approximate surface area is 92.1 Å². The van der Waals surface area contributed by atoms with Gasteiger partial charge in [0.1, 0.15) is 0 Å². The molecule has 2 rings (SSSR count). The van der Waals surface area contributed by atoms with Crippen LogP contribution in [0.25, 0.3) is 0 Å². The molecule has 1 aromatic rings. The molecule has 0 fully saturated rings. The number of allylic oxidation sites excluding steroid dienone is 4. The first-order valence-electron chi connectivity index (χ1n) is 5.07. The number of halogens is 3. The van der Waals surface area contributed by atoms with Gasteiger partial charge in [0.15, 0.2) is 0 Å². The maximum Gasteiger partial charge on any atom is 0.416 e. The van der Waals surface area contributed by atoms with Crippen molar-refractivity contribution < 1.29 is 13.2 Å². The zero-order valence-electron chi connectivity index (χ0n) is 8.59. The van der Waals surface area contributed by atoms with Gasteiger partial charge in [-0.15, -0.1) is 0 Å². The Morgan fingerprint density at radius 3 is 2.38 bits per heavy atom. The summed E-state index contributed by atoms with van der Waals surface area (Å²) in [6, 6.07) is 9.23. The molecule has 0 unspecified atom stereocenters. The van der Waals surface area contributed by atoms with Crippen LogP contribution in [0.2, 0.25) is 0 Å². The molecule has 0 nitrogen and oxygen atoms in total. The van der Waals surface area contributed by atoms with Crippen molar-refractivity contribution in [2.45, 2.75) is 19.0 Å². The molecule has 0 spiro atoms. The summed E-state index contributed by atoms with van der Waals surface area (Å²) in [5.74, 6) is 0. The summed E-state index contributed by atoms with van der Waals surface area (Å²) in [5.41, 5.74) is 0.901. The lowest BCUT2D eigenvalue weighted by molar-refractivity contribution is -0.0887. The van der Waals surface area contributed by atoms with Gasteiger partial charge in [0.25, 0.3) is 0 Å². The second kappa shape index (κ2) is 4.16. The van der Waals surface area contributed by atoms with E-state index in [1.165, 1.54) is 6.08 Å². The van der Waals surface area contributed by atoms with E-state index in [1.807, 2.05) is 30.3 Å². The van der Waals surface area contributed by atoms with Crippen molar-refractivity contribution in [2.24, 2.45) is 0 Å². The molecular weight excluding hydrogens is 213 g/mol. The predicted molar refractivity (Wildman–Crippen MR) is 57.0 cm³/mol. The van der Waals surface area contributed by atoms with Crippen molar-refractivity contribution in [3.63, 3.8) is 0 Å². The van der Waals surface area contributed by atoms with Gasteiger partial charge in [0, 0.05) is 0 Å². The molecule has 0 heterocycles. The third-order valence-electron chi connectivity index (χ3n) is 2.60. The van der Waals surface area contributed by atoms with E-state index >= 15 is 0 Å². The number of hydrogen-bond donors (Lipinski definition) is 0. The van der Waals surface area contributed by atoms with Gasteiger partial charge < -0.3 is 0 Å². The van der Waals surface area contributed by atoms with E-state index < -0.39 is 11.7 Å². The fourth-order valence-corrected chi connectivity index (χ4v) is 1.85. The molecule has 84 valence electrons. The van der Waals surface area contributed by atoms with Crippen molar-refractivity contribution in [1.82, 2.24) is 0 Å². The van der Waals surface area contributed by atoms with Crippen LogP contribution in [0.5, 0.6) is 0 Å². The molecule has 1 aliphatic rings. The molecule has 0 N–H and O–H groups in total. The minimum Gasteiger partial charge on any atom is -0.166 e. The zero-order chi connectivity index (χ0) is 11.6. The van der Waals surface area contributed by atoms with Gasteiger partial charge >= 0.3 is 6.18 Å². The number of rotatable bonds is 2. The van der Waals surface area contributed by atoms with Crippen LogP contribution in [0, 0.1) is 0 Å². The third-order valence-corrected chi connectivity index (χ3v) is 2.60. The second-order valence-electron chi connectivity index (χ2n) is 3.78. The van der Waals surface area contributed by atoms with Crippen molar-refractivity contribution >= 4 is 0 Å². The summed E-state index contributed by atoms with van der Waals surface area (Å²) in [7, 11) is 0. The molecule has 0 aromatic heterocycles. The maximum absolute atomic E-state index is 12.6. The monoisotopic (exact) mass is 224 g/mol. The molecule has 0 bridgehead atoms. The van der Waals surface area contributed by atoms with E-state index in [2.05, 4.69) is 0 Å². The maximum atomic E-state index is 12.6. The fourth-order valence-electron chi connectivity index (χ4n) is 1.85. The first-order valence-corrected chi connectivity index (χ1v) is 5.07. The lowest BCUT2D eigenvalue weighted by atomic mass is 10.0. The minimum absolute atomic E-state index is 0.378. The molecule has 0 atom stereocenters. The highest BCUT2D eigenvalue weighted by atomic mass is 19.4. The van der Waals surface area contributed by atoms with Crippen LogP contribution >= 0.6 is 0 Å². The normalized spacial score (nSPS) is 15.9. The minimum atomic E-state index is -4.23. The highest BCUT2D eigenvalue weighted by Gasteiger charge is 2.35.